The van der Waals surface area contributed by atoms with Gasteiger partial charge in [0.15, 0.2) is 5.76 Å². The van der Waals surface area contributed by atoms with Crippen molar-refractivity contribution in [1.29, 1.82) is 0 Å². The maximum atomic E-state index is 12.7. The molecule has 0 radical (unpaired) electrons. The molecule has 4 rings (SSSR count). The second-order valence-electron chi connectivity index (χ2n) is 6.77. The Morgan fingerprint density at radius 1 is 0.833 bits per heavy atom. The standard InChI is InChI=1S/C24H20N2O3S/c1-16(23(27)25-20-12-11-17-6-2-3-7-18(17)14-20)30-21-9-4-8-19(15-21)26-24(28)22-10-5-13-29-22/h2-16H,1H3,(H,25,27)(H,26,28). The van der Waals surface area contributed by atoms with E-state index < -0.39 is 0 Å². The highest BCUT2D eigenvalue weighted by Crippen LogP contribution is 2.27. The predicted octanol–water partition coefficient (Wildman–Crippen LogP) is 5.80. The first-order chi connectivity index (χ1) is 14.6. The lowest BCUT2D eigenvalue weighted by Crippen LogP contribution is -2.22. The van der Waals surface area contributed by atoms with Crippen molar-refractivity contribution in [3.63, 3.8) is 0 Å². The number of thioether (sulfide) groups is 1. The molecule has 0 aliphatic carbocycles. The number of nitrogens with one attached hydrogen (secondary N) is 2. The molecule has 1 unspecified atom stereocenters. The molecule has 0 aliphatic heterocycles. The molecule has 150 valence electrons. The van der Waals surface area contributed by atoms with Crippen LogP contribution < -0.4 is 10.6 Å². The molecule has 30 heavy (non-hydrogen) atoms. The highest BCUT2D eigenvalue weighted by atomic mass is 32.2. The number of benzene rings is 3. The van der Waals surface area contributed by atoms with Crippen LogP contribution in [0.5, 0.6) is 0 Å². The van der Waals surface area contributed by atoms with Gasteiger partial charge in [-0.1, -0.05) is 36.4 Å². The number of fused-ring (bicyclic) bond motifs is 1. The first-order valence-electron chi connectivity index (χ1n) is 9.50. The zero-order chi connectivity index (χ0) is 20.9. The Hall–Kier alpha value is -3.51. The molecule has 1 aromatic heterocycles. The number of carbonyl (C=O) groups is 2. The average Bonchev–Trinajstić information content (AvgIpc) is 3.29. The van der Waals surface area contributed by atoms with Crippen molar-refractivity contribution in [1.82, 2.24) is 0 Å². The van der Waals surface area contributed by atoms with Crippen molar-refractivity contribution < 1.29 is 14.0 Å². The monoisotopic (exact) mass is 416 g/mol. The highest BCUT2D eigenvalue weighted by molar-refractivity contribution is 8.00. The molecule has 6 heteroatoms. The average molecular weight is 417 g/mol. The van der Waals surface area contributed by atoms with Gasteiger partial charge in [0.25, 0.3) is 5.91 Å². The molecule has 0 spiro atoms. The molecule has 0 saturated heterocycles. The lowest BCUT2D eigenvalue weighted by molar-refractivity contribution is -0.115. The summed E-state index contributed by atoms with van der Waals surface area (Å²) in [6.45, 7) is 1.86. The van der Waals surface area contributed by atoms with Crippen molar-refractivity contribution in [2.45, 2.75) is 17.1 Å². The molecule has 2 N–H and O–H groups in total. The van der Waals surface area contributed by atoms with Crippen LogP contribution in [0.3, 0.4) is 0 Å². The SMILES string of the molecule is CC(Sc1cccc(NC(=O)c2ccco2)c1)C(=O)Nc1ccc2ccccc2c1. The van der Waals surface area contributed by atoms with E-state index in [9.17, 15) is 9.59 Å². The second kappa shape index (κ2) is 8.88. The zero-order valence-electron chi connectivity index (χ0n) is 16.3. The Kier molecular flexibility index (Phi) is 5.86. The molecule has 0 fully saturated rings. The zero-order valence-corrected chi connectivity index (χ0v) is 17.1. The fourth-order valence-corrected chi connectivity index (χ4v) is 3.94. The molecule has 1 heterocycles. The molecule has 0 aliphatic rings. The summed E-state index contributed by atoms with van der Waals surface area (Å²) >= 11 is 1.43. The Labute approximate surface area is 178 Å². The van der Waals surface area contributed by atoms with Gasteiger partial charge in [-0.05, 0) is 60.2 Å². The fourth-order valence-electron chi connectivity index (χ4n) is 3.02. The van der Waals surface area contributed by atoms with Gasteiger partial charge in [0.1, 0.15) is 0 Å². The number of hydrogen-bond acceptors (Lipinski definition) is 4. The summed E-state index contributed by atoms with van der Waals surface area (Å²) in [6.07, 6.45) is 1.46. The number of hydrogen-bond donors (Lipinski definition) is 2. The van der Waals surface area contributed by atoms with Gasteiger partial charge in [0.05, 0.1) is 11.5 Å². The Balaban J connectivity index is 1.39. The third kappa shape index (κ3) is 4.72. The van der Waals surface area contributed by atoms with Crippen LogP contribution in [0.4, 0.5) is 11.4 Å². The van der Waals surface area contributed by atoms with Crippen LogP contribution in [0, 0.1) is 0 Å². The van der Waals surface area contributed by atoms with Crippen molar-refractivity contribution >= 4 is 45.7 Å². The van der Waals surface area contributed by atoms with Crippen LogP contribution in [0.1, 0.15) is 17.5 Å². The van der Waals surface area contributed by atoms with E-state index in [0.29, 0.717) is 5.69 Å². The molecule has 5 nitrogen and oxygen atoms in total. The van der Waals surface area contributed by atoms with Gasteiger partial charge in [-0.2, -0.15) is 0 Å². The van der Waals surface area contributed by atoms with Crippen LogP contribution in [0.2, 0.25) is 0 Å². The first-order valence-corrected chi connectivity index (χ1v) is 10.4. The predicted molar refractivity (Wildman–Crippen MR) is 121 cm³/mol. The second-order valence-corrected chi connectivity index (χ2v) is 8.18. The van der Waals surface area contributed by atoms with Gasteiger partial charge in [-0.15, -0.1) is 11.8 Å². The van der Waals surface area contributed by atoms with Gasteiger partial charge in [0.2, 0.25) is 5.91 Å². The number of rotatable bonds is 6. The van der Waals surface area contributed by atoms with E-state index in [1.807, 2.05) is 67.6 Å². The lowest BCUT2D eigenvalue weighted by atomic mass is 10.1. The van der Waals surface area contributed by atoms with Crippen molar-refractivity contribution in [2.75, 3.05) is 10.6 Å². The molecule has 0 saturated carbocycles. The van der Waals surface area contributed by atoms with Crippen LogP contribution in [-0.2, 0) is 4.79 Å². The lowest BCUT2D eigenvalue weighted by Gasteiger charge is -2.13. The Morgan fingerprint density at radius 2 is 1.63 bits per heavy atom. The van der Waals surface area contributed by atoms with Crippen LogP contribution >= 0.6 is 11.8 Å². The number of anilines is 2. The van der Waals surface area contributed by atoms with Gasteiger partial charge in [-0.3, -0.25) is 9.59 Å². The minimum Gasteiger partial charge on any atom is -0.459 e. The van der Waals surface area contributed by atoms with Gasteiger partial charge in [-0.25, -0.2) is 0 Å². The smallest absolute Gasteiger partial charge is 0.291 e. The van der Waals surface area contributed by atoms with Gasteiger partial charge < -0.3 is 15.1 Å². The molecule has 4 aromatic rings. The molecular formula is C24H20N2O3S. The summed E-state index contributed by atoms with van der Waals surface area (Å²) in [6, 6.07) is 24.5. The van der Waals surface area contributed by atoms with E-state index >= 15 is 0 Å². The number of furan rings is 1. The summed E-state index contributed by atoms with van der Waals surface area (Å²) < 4.78 is 5.11. The van der Waals surface area contributed by atoms with Crippen molar-refractivity contribution in [3.8, 4) is 0 Å². The summed E-state index contributed by atoms with van der Waals surface area (Å²) in [5.74, 6) is -0.152. The molecule has 2 amide bonds. The third-order valence-corrected chi connectivity index (χ3v) is 5.63. The maximum Gasteiger partial charge on any atom is 0.291 e. The number of amides is 2. The highest BCUT2D eigenvalue weighted by Gasteiger charge is 2.16. The minimum absolute atomic E-state index is 0.0831. The topological polar surface area (TPSA) is 71.3 Å². The first kappa shape index (κ1) is 19.8. The molecular weight excluding hydrogens is 396 g/mol. The van der Waals surface area contributed by atoms with Crippen LogP contribution in [-0.4, -0.2) is 17.1 Å². The van der Waals surface area contributed by atoms with Crippen LogP contribution in [0.15, 0.2) is 94.4 Å². The largest absolute Gasteiger partial charge is 0.459 e. The normalized spacial score (nSPS) is 11.8. The molecule has 3 aromatic carbocycles. The maximum absolute atomic E-state index is 12.7. The minimum atomic E-state index is -0.316. The Bertz CT molecular complexity index is 1190. The van der Waals surface area contributed by atoms with Crippen molar-refractivity contribution in [2.24, 2.45) is 0 Å². The summed E-state index contributed by atoms with van der Waals surface area (Å²) in [7, 11) is 0. The van der Waals surface area contributed by atoms with E-state index in [4.69, 9.17) is 4.42 Å². The Morgan fingerprint density at radius 3 is 2.43 bits per heavy atom. The van der Waals surface area contributed by atoms with Crippen LogP contribution in [0.25, 0.3) is 10.8 Å². The van der Waals surface area contributed by atoms with E-state index in [1.54, 1.807) is 18.2 Å². The van der Waals surface area contributed by atoms with E-state index in [0.717, 1.165) is 21.4 Å². The van der Waals surface area contributed by atoms with E-state index in [-0.39, 0.29) is 22.8 Å². The van der Waals surface area contributed by atoms with E-state index in [1.165, 1.54) is 18.0 Å². The van der Waals surface area contributed by atoms with E-state index in [2.05, 4.69) is 10.6 Å². The quantitative estimate of drug-likeness (QED) is 0.390. The fraction of sp³-hybridized carbons (Fsp3) is 0.0833. The third-order valence-electron chi connectivity index (χ3n) is 4.54. The summed E-state index contributed by atoms with van der Waals surface area (Å²) in [4.78, 5) is 25.7. The summed E-state index contributed by atoms with van der Waals surface area (Å²) in [5, 5.41) is 7.67. The molecule has 0 bridgehead atoms. The van der Waals surface area contributed by atoms with Gasteiger partial charge >= 0.3 is 0 Å². The number of carbonyl (C=O) groups excluding carboxylic acids is 2. The van der Waals surface area contributed by atoms with Gasteiger partial charge in [0, 0.05) is 16.3 Å². The van der Waals surface area contributed by atoms with Crippen molar-refractivity contribution in [3.05, 3.63) is 90.9 Å². The molecule has 1 atom stereocenters. The summed E-state index contributed by atoms with van der Waals surface area (Å²) in [5.41, 5.74) is 1.41.